The van der Waals surface area contributed by atoms with Gasteiger partial charge in [0.15, 0.2) is 0 Å². The number of piperidine rings is 1. The fourth-order valence-corrected chi connectivity index (χ4v) is 2.10. The van der Waals surface area contributed by atoms with Gasteiger partial charge >= 0.3 is 12.1 Å². The molecule has 124 valence electrons. The van der Waals surface area contributed by atoms with E-state index in [1.54, 1.807) is 0 Å². The SMILES string of the molecule is Cl.O=C(O)c1cc(OCC2CCNCC2)nc(C(F)(F)F)c1. The Labute approximate surface area is 131 Å². The second kappa shape index (κ2) is 7.64. The lowest BCUT2D eigenvalue weighted by molar-refractivity contribution is -0.141. The Bertz CT molecular complexity index is 520. The third kappa shape index (κ3) is 5.03. The lowest BCUT2D eigenvalue weighted by Gasteiger charge is -2.22. The summed E-state index contributed by atoms with van der Waals surface area (Å²) in [6.07, 6.45) is -2.98. The number of hydrogen-bond acceptors (Lipinski definition) is 4. The number of aromatic carboxylic acids is 1. The highest BCUT2D eigenvalue weighted by atomic mass is 35.5. The first-order valence-electron chi connectivity index (χ1n) is 6.52. The molecule has 0 unspecified atom stereocenters. The fourth-order valence-electron chi connectivity index (χ4n) is 2.10. The first-order chi connectivity index (χ1) is 9.86. The number of alkyl halides is 3. The maximum atomic E-state index is 12.7. The van der Waals surface area contributed by atoms with Gasteiger partial charge in [-0.25, -0.2) is 9.78 Å². The minimum absolute atomic E-state index is 0. The molecule has 1 saturated heterocycles. The van der Waals surface area contributed by atoms with Crippen molar-refractivity contribution in [1.82, 2.24) is 10.3 Å². The van der Waals surface area contributed by atoms with Gasteiger partial charge in [-0.15, -0.1) is 12.4 Å². The summed E-state index contributed by atoms with van der Waals surface area (Å²) in [5, 5.41) is 12.0. The van der Waals surface area contributed by atoms with Crippen LogP contribution in [0.25, 0.3) is 0 Å². The predicted molar refractivity (Wildman–Crippen MR) is 74.5 cm³/mol. The number of pyridine rings is 1. The summed E-state index contributed by atoms with van der Waals surface area (Å²) in [5.41, 5.74) is -1.75. The van der Waals surface area contributed by atoms with Crippen LogP contribution < -0.4 is 10.1 Å². The Hall–Kier alpha value is -1.54. The Morgan fingerprint density at radius 2 is 2.00 bits per heavy atom. The second-order valence-corrected chi connectivity index (χ2v) is 4.89. The maximum Gasteiger partial charge on any atom is 0.433 e. The van der Waals surface area contributed by atoms with E-state index in [0.717, 1.165) is 32.0 Å². The molecule has 0 bridgehead atoms. The number of carboxylic acids is 1. The van der Waals surface area contributed by atoms with Gasteiger partial charge in [0.2, 0.25) is 5.88 Å². The van der Waals surface area contributed by atoms with E-state index in [-0.39, 0.29) is 30.8 Å². The number of halogens is 4. The van der Waals surface area contributed by atoms with E-state index >= 15 is 0 Å². The molecule has 1 fully saturated rings. The Kier molecular flexibility index (Phi) is 6.43. The zero-order valence-electron chi connectivity index (χ0n) is 11.5. The summed E-state index contributed by atoms with van der Waals surface area (Å²) < 4.78 is 43.3. The van der Waals surface area contributed by atoms with Crippen molar-refractivity contribution in [2.45, 2.75) is 19.0 Å². The van der Waals surface area contributed by atoms with E-state index in [1.807, 2.05) is 0 Å². The molecule has 22 heavy (non-hydrogen) atoms. The van der Waals surface area contributed by atoms with Gasteiger partial charge in [0.25, 0.3) is 0 Å². The van der Waals surface area contributed by atoms with E-state index in [2.05, 4.69) is 10.3 Å². The van der Waals surface area contributed by atoms with Crippen LogP contribution in [0.3, 0.4) is 0 Å². The predicted octanol–water partition coefficient (Wildman–Crippen LogP) is 2.60. The van der Waals surface area contributed by atoms with Gasteiger partial charge in [-0.1, -0.05) is 0 Å². The van der Waals surface area contributed by atoms with Crippen molar-refractivity contribution in [3.8, 4) is 5.88 Å². The van der Waals surface area contributed by atoms with E-state index in [9.17, 15) is 18.0 Å². The van der Waals surface area contributed by atoms with Crippen LogP contribution in [-0.4, -0.2) is 35.8 Å². The monoisotopic (exact) mass is 340 g/mol. The number of ether oxygens (including phenoxy) is 1. The molecular weight excluding hydrogens is 325 g/mol. The molecule has 1 aromatic rings. The third-order valence-electron chi connectivity index (χ3n) is 3.26. The number of carboxylic acid groups (broad SMARTS) is 1. The fraction of sp³-hybridized carbons (Fsp3) is 0.538. The number of nitrogens with zero attached hydrogens (tertiary/aromatic N) is 1. The first-order valence-corrected chi connectivity index (χ1v) is 6.52. The summed E-state index contributed by atoms with van der Waals surface area (Å²) in [4.78, 5) is 14.2. The molecule has 2 N–H and O–H groups in total. The van der Waals surface area contributed by atoms with Crippen LogP contribution in [0, 0.1) is 5.92 Å². The number of hydrogen-bond donors (Lipinski definition) is 2. The maximum absolute atomic E-state index is 12.7. The molecule has 2 heterocycles. The lowest BCUT2D eigenvalue weighted by atomic mass is 9.99. The molecule has 0 aromatic carbocycles. The average molecular weight is 341 g/mol. The minimum Gasteiger partial charge on any atom is -0.478 e. The molecule has 0 aliphatic carbocycles. The van der Waals surface area contributed by atoms with Crippen molar-refractivity contribution < 1.29 is 27.8 Å². The molecule has 5 nitrogen and oxygen atoms in total. The van der Waals surface area contributed by atoms with Crippen molar-refractivity contribution in [3.63, 3.8) is 0 Å². The van der Waals surface area contributed by atoms with Crippen LogP contribution in [0.15, 0.2) is 12.1 Å². The average Bonchev–Trinajstić information content (AvgIpc) is 2.45. The molecule has 0 atom stereocenters. The van der Waals surface area contributed by atoms with Crippen LogP contribution in [0.2, 0.25) is 0 Å². The molecular formula is C13H16ClF3N2O3. The smallest absolute Gasteiger partial charge is 0.433 e. The summed E-state index contributed by atoms with van der Waals surface area (Å²) in [6, 6.07) is 1.51. The first kappa shape index (κ1) is 18.5. The molecule has 1 aliphatic heterocycles. The molecule has 1 aliphatic rings. The zero-order chi connectivity index (χ0) is 15.5. The van der Waals surface area contributed by atoms with Gasteiger partial charge in [0.1, 0.15) is 5.69 Å². The summed E-state index contributed by atoms with van der Waals surface area (Å²) in [5.74, 6) is -1.52. The largest absolute Gasteiger partial charge is 0.478 e. The van der Waals surface area contributed by atoms with Crippen LogP contribution >= 0.6 is 12.4 Å². The van der Waals surface area contributed by atoms with E-state index in [0.29, 0.717) is 6.07 Å². The van der Waals surface area contributed by atoms with Gasteiger partial charge in [0.05, 0.1) is 12.2 Å². The molecule has 2 rings (SSSR count). The topological polar surface area (TPSA) is 71.5 Å². The molecule has 0 radical (unpaired) electrons. The van der Waals surface area contributed by atoms with Crippen LogP contribution in [0.4, 0.5) is 13.2 Å². The highest BCUT2D eigenvalue weighted by Crippen LogP contribution is 2.30. The lowest BCUT2D eigenvalue weighted by Crippen LogP contribution is -2.30. The van der Waals surface area contributed by atoms with Gasteiger partial charge in [0, 0.05) is 6.07 Å². The van der Waals surface area contributed by atoms with Crippen LogP contribution in [0.5, 0.6) is 5.88 Å². The van der Waals surface area contributed by atoms with Gasteiger partial charge in [-0.3, -0.25) is 0 Å². The Balaban J connectivity index is 0.00000242. The van der Waals surface area contributed by atoms with Gasteiger partial charge < -0.3 is 15.2 Å². The summed E-state index contributed by atoms with van der Waals surface area (Å²) in [6.45, 7) is 1.91. The minimum atomic E-state index is -4.71. The van der Waals surface area contributed by atoms with Crippen LogP contribution in [0.1, 0.15) is 28.9 Å². The molecule has 0 saturated carbocycles. The molecule has 0 spiro atoms. The van der Waals surface area contributed by atoms with E-state index in [1.165, 1.54) is 0 Å². The van der Waals surface area contributed by atoms with Gasteiger partial charge in [-0.2, -0.15) is 13.2 Å². The third-order valence-corrected chi connectivity index (χ3v) is 3.26. The van der Waals surface area contributed by atoms with Crippen molar-refractivity contribution in [2.24, 2.45) is 5.92 Å². The number of carbonyl (C=O) groups is 1. The van der Waals surface area contributed by atoms with Crippen molar-refractivity contribution >= 4 is 18.4 Å². The van der Waals surface area contributed by atoms with Gasteiger partial charge in [-0.05, 0) is 37.9 Å². The van der Waals surface area contributed by atoms with E-state index < -0.39 is 23.4 Å². The van der Waals surface area contributed by atoms with Crippen LogP contribution in [-0.2, 0) is 6.18 Å². The molecule has 1 aromatic heterocycles. The standard InChI is InChI=1S/C13H15F3N2O3.ClH/c14-13(15,16)10-5-9(12(19)20)6-11(18-10)21-7-8-1-3-17-4-2-8;/h5-6,8,17H,1-4,7H2,(H,19,20);1H. The number of rotatable bonds is 4. The number of aromatic nitrogens is 1. The Morgan fingerprint density at radius 3 is 2.55 bits per heavy atom. The quantitative estimate of drug-likeness (QED) is 0.881. The second-order valence-electron chi connectivity index (χ2n) is 4.89. The van der Waals surface area contributed by atoms with Crippen molar-refractivity contribution in [3.05, 3.63) is 23.4 Å². The molecule has 0 amide bonds. The highest BCUT2D eigenvalue weighted by molar-refractivity contribution is 5.88. The Morgan fingerprint density at radius 1 is 1.36 bits per heavy atom. The van der Waals surface area contributed by atoms with E-state index in [4.69, 9.17) is 9.84 Å². The van der Waals surface area contributed by atoms with Crippen molar-refractivity contribution in [2.75, 3.05) is 19.7 Å². The summed E-state index contributed by atoms with van der Waals surface area (Å²) in [7, 11) is 0. The summed E-state index contributed by atoms with van der Waals surface area (Å²) >= 11 is 0. The number of nitrogens with one attached hydrogen (secondary N) is 1. The normalized spacial score (nSPS) is 16.0. The van der Waals surface area contributed by atoms with Crippen molar-refractivity contribution in [1.29, 1.82) is 0 Å². The zero-order valence-corrected chi connectivity index (χ0v) is 12.3. The molecule has 9 heteroatoms. The highest BCUT2D eigenvalue weighted by Gasteiger charge is 2.34.